The third-order valence-electron chi connectivity index (χ3n) is 5.34. The Morgan fingerprint density at radius 3 is 1.68 bits per heavy atom. The monoisotopic (exact) mass is 433 g/mol. The Labute approximate surface area is 187 Å². The smallest absolute Gasteiger partial charge is 0.320 e. The minimum absolute atomic E-state index is 0. The highest BCUT2D eigenvalue weighted by atomic mass is 35.5. The van der Waals surface area contributed by atoms with Crippen LogP contribution < -0.4 is 5.73 Å². The van der Waals surface area contributed by atoms with E-state index in [0.29, 0.717) is 5.69 Å². The molecule has 1 heterocycles. The van der Waals surface area contributed by atoms with Crippen LogP contribution in [0, 0.1) is 0 Å². The maximum Gasteiger partial charge on any atom is 0.320 e. The molecule has 6 heteroatoms. The van der Waals surface area contributed by atoms with E-state index >= 15 is 0 Å². The van der Waals surface area contributed by atoms with Crippen LogP contribution in [-0.2, 0) is 16.8 Å². The van der Waals surface area contributed by atoms with Crippen molar-refractivity contribution in [2.45, 2.75) is 18.0 Å². The molecule has 3 aromatic carbocycles. The van der Waals surface area contributed by atoms with Crippen LogP contribution in [0.25, 0.3) is 0 Å². The lowest BCUT2D eigenvalue weighted by molar-refractivity contribution is -0.138. The van der Waals surface area contributed by atoms with Crippen molar-refractivity contribution in [3.63, 3.8) is 0 Å². The molecule has 0 spiro atoms. The lowest BCUT2D eigenvalue weighted by Crippen LogP contribution is -2.37. The van der Waals surface area contributed by atoms with Gasteiger partial charge >= 0.3 is 5.97 Å². The number of benzene rings is 3. The SMILES string of the molecule is Cl.N[C@H](Cc1cn(C(c2ccccc2)(c2ccccc2)c2ccccc2)cn1)C(=O)O. The summed E-state index contributed by atoms with van der Waals surface area (Å²) in [4.78, 5) is 15.7. The van der Waals surface area contributed by atoms with Crippen molar-refractivity contribution in [3.05, 3.63) is 126 Å². The summed E-state index contributed by atoms with van der Waals surface area (Å²) in [6.07, 6.45) is 3.82. The van der Waals surface area contributed by atoms with E-state index in [1.807, 2.05) is 60.8 Å². The number of carbonyl (C=O) groups is 1. The first-order valence-electron chi connectivity index (χ1n) is 9.80. The van der Waals surface area contributed by atoms with Crippen molar-refractivity contribution in [2.75, 3.05) is 0 Å². The lowest BCUT2D eigenvalue weighted by Gasteiger charge is -2.37. The number of aliphatic carboxylic acids is 1. The molecule has 0 unspecified atom stereocenters. The predicted octanol–water partition coefficient (Wildman–Crippen LogP) is 4.10. The Bertz CT molecular complexity index is 1020. The maximum absolute atomic E-state index is 11.2. The highest BCUT2D eigenvalue weighted by Crippen LogP contribution is 2.40. The van der Waals surface area contributed by atoms with Crippen molar-refractivity contribution < 1.29 is 9.90 Å². The Hall–Kier alpha value is -3.41. The minimum Gasteiger partial charge on any atom is -0.480 e. The summed E-state index contributed by atoms with van der Waals surface area (Å²) in [7, 11) is 0. The number of imidazole rings is 1. The van der Waals surface area contributed by atoms with Crippen molar-refractivity contribution in [2.24, 2.45) is 5.73 Å². The topological polar surface area (TPSA) is 81.1 Å². The zero-order valence-corrected chi connectivity index (χ0v) is 17.7. The summed E-state index contributed by atoms with van der Waals surface area (Å²) in [5.74, 6) is -1.04. The van der Waals surface area contributed by atoms with E-state index in [1.54, 1.807) is 6.33 Å². The highest BCUT2D eigenvalue weighted by Gasteiger charge is 2.38. The third-order valence-corrected chi connectivity index (χ3v) is 5.34. The van der Waals surface area contributed by atoms with Crippen molar-refractivity contribution in [1.29, 1.82) is 0 Å². The maximum atomic E-state index is 11.2. The Morgan fingerprint density at radius 1 is 0.871 bits per heavy atom. The number of halogens is 1. The molecule has 31 heavy (non-hydrogen) atoms. The lowest BCUT2D eigenvalue weighted by atomic mass is 9.77. The average Bonchev–Trinajstić information content (AvgIpc) is 3.25. The van der Waals surface area contributed by atoms with Gasteiger partial charge in [-0.15, -0.1) is 12.4 Å². The number of rotatable bonds is 7. The van der Waals surface area contributed by atoms with Gasteiger partial charge in [0.05, 0.1) is 12.0 Å². The van der Waals surface area contributed by atoms with Gasteiger partial charge in [0.1, 0.15) is 11.6 Å². The normalized spacial score (nSPS) is 12.0. The Balaban J connectivity index is 0.00000272. The molecule has 4 rings (SSSR count). The molecular formula is C25H24ClN3O2. The summed E-state index contributed by atoms with van der Waals surface area (Å²) in [5, 5.41) is 9.18. The van der Waals surface area contributed by atoms with Gasteiger partial charge in [-0.2, -0.15) is 0 Å². The van der Waals surface area contributed by atoms with Crippen molar-refractivity contribution >= 4 is 18.4 Å². The fourth-order valence-electron chi connectivity index (χ4n) is 3.95. The van der Waals surface area contributed by atoms with Gasteiger partial charge in [0.25, 0.3) is 0 Å². The van der Waals surface area contributed by atoms with Gasteiger partial charge < -0.3 is 15.4 Å². The van der Waals surface area contributed by atoms with Gasteiger partial charge in [-0.1, -0.05) is 91.0 Å². The summed E-state index contributed by atoms with van der Waals surface area (Å²) in [6, 6.07) is 29.7. The van der Waals surface area contributed by atoms with E-state index in [9.17, 15) is 9.90 Å². The predicted molar refractivity (Wildman–Crippen MR) is 123 cm³/mol. The van der Waals surface area contributed by atoms with E-state index in [2.05, 4.69) is 45.9 Å². The molecule has 1 atom stereocenters. The summed E-state index contributed by atoms with van der Waals surface area (Å²) in [5.41, 5.74) is 8.96. The zero-order valence-electron chi connectivity index (χ0n) is 16.8. The Morgan fingerprint density at radius 2 is 1.29 bits per heavy atom. The molecule has 0 aliphatic rings. The second-order valence-electron chi connectivity index (χ2n) is 7.23. The van der Waals surface area contributed by atoms with Gasteiger partial charge in [0, 0.05) is 12.6 Å². The van der Waals surface area contributed by atoms with Crippen LogP contribution in [0.15, 0.2) is 104 Å². The number of hydrogen-bond acceptors (Lipinski definition) is 3. The van der Waals surface area contributed by atoms with Crippen LogP contribution in [-0.4, -0.2) is 26.7 Å². The first-order valence-corrected chi connectivity index (χ1v) is 9.80. The molecule has 0 bridgehead atoms. The molecular weight excluding hydrogens is 410 g/mol. The van der Waals surface area contributed by atoms with Gasteiger partial charge in [-0.25, -0.2) is 4.98 Å². The molecule has 0 aliphatic heterocycles. The summed E-state index contributed by atoms with van der Waals surface area (Å²) < 4.78 is 2.05. The molecule has 0 aliphatic carbocycles. The molecule has 0 saturated heterocycles. The third kappa shape index (κ3) is 4.24. The van der Waals surface area contributed by atoms with Crippen LogP contribution >= 0.6 is 12.4 Å². The van der Waals surface area contributed by atoms with Gasteiger partial charge in [-0.05, 0) is 16.7 Å². The van der Waals surface area contributed by atoms with Crippen LogP contribution in [0.3, 0.4) is 0 Å². The number of nitrogens with two attached hydrogens (primary N) is 1. The molecule has 0 radical (unpaired) electrons. The van der Waals surface area contributed by atoms with Crippen molar-refractivity contribution in [1.82, 2.24) is 9.55 Å². The summed E-state index contributed by atoms with van der Waals surface area (Å²) >= 11 is 0. The fourth-order valence-corrected chi connectivity index (χ4v) is 3.95. The first kappa shape index (κ1) is 22.3. The molecule has 0 amide bonds. The van der Waals surface area contributed by atoms with Gasteiger partial charge in [-0.3, -0.25) is 4.79 Å². The zero-order chi connectivity index (χ0) is 21.0. The number of hydrogen-bond donors (Lipinski definition) is 2. The highest BCUT2D eigenvalue weighted by molar-refractivity contribution is 5.85. The molecule has 0 saturated carbocycles. The summed E-state index contributed by atoms with van der Waals surface area (Å²) in [6.45, 7) is 0. The van der Waals surface area contributed by atoms with Crippen LogP contribution in [0.4, 0.5) is 0 Å². The van der Waals surface area contributed by atoms with Crippen LogP contribution in [0.5, 0.6) is 0 Å². The minimum atomic E-state index is -1.04. The fraction of sp³-hybridized carbons (Fsp3) is 0.120. The number of carboxylic acids is 1. The molecule has 158 valence electrons. The van der Waals surface area contributed by atoms with Crippen LogP contribution in [0.1, 0.15) is 22.4 Å². The Kier molecular flexibility index (Phi) is 6.90. The van der Waals surface area contributed by atoms with Crippen molar-refractivity contribution in [3.8, 4) is 0 Å². The largest absolute Gasteiger partial charge is 0.480 e. The number of aromatic nitrogens is 2. The van der Waals surface area contributed by atoms with E-state index in [4.69, 9.17) is 5.73 Å². The second kappa shape index (κ2) is 9.60. The standard InChI is InChI=1S/C25H23N3O2.ClH/c26-23(24(29)30)16-22-17-28(18-27-22)25(19-10-4-1-5-11-19,20-12-6-2-7-13-20)21-14-8-3-9-15-21;/h1-15,17-18,23H,16,26H2,(H,29,30);1H/t23-;/m1./s1. The average molecular weight is 434 g/mol. The second-order valence-corrected chi connectivity index (χ2v) is 7.23. The van der Waals surface area contributed by atoms with E-state index in [1.165, 1.54) is 0 Å². The molecule has 4 aromatic rings. The van der Waals surface area contributed by atoms with Gasteiger partial charge in [0.2, 0.25) is 0 Å². The van der Waals surface area contributed by atoms with Gasteiger partial charge in [0.15, 0.2) is 0 Å². The molecule has 1 aromatic heterocycles. The van der Waals surface area contributed by atoms with E-state index < -0.39 is 17.6 Å². The van der Waals surface area contributed by atoms with E-state index in [-0.39, 0.29) is 18.8 Å². The molecule has 0 fully saturated rings. The number of carboxylic acid groups (broad SMARTS) is 1. The van der Waals surface area contributed by atoms with Crippen LogP contribution in [0.2, 0.25) is 0 Å². The molecule has 5 nitrogen and oxygen atoms in total. The first-order chi connectivity index (χ1) is 14.6. The molecule has 3 N–H and O–H groups in total. The quantitative estimate of drug-likeness (QED) is 0.430. The van der Waals surface area contributed by atoms with E-state index in [0.717, 1.165) is 16.7 Å². The number of nitrogens with zero attached hydrogens (tertiary/aromatic N) is 2.